The van der Waals surface area contributed by atoms with Gasteiger partial charge in [-0.1, -0.05) is 12.5 Å². The summed E-state index contributed by atoms with van der Waals surface area (Å²) >= 11 is 0. The van der Waals surface area contributed by atoms with Crippen molar-refractivity contribution in [2.75, 3.05) is 19.8 Å². The number of aryl methyl sites for hydroxylation is 2. The molecule has 3 heterocycles. The maximum Gasteiger partial charge on any atom is 0.161 e. The van der Waals surface area contributed by atoms with Crippen LogP contribution >= 0.6 is 0 Å². The zero-order chi connectivity index (χ0) is 17.2. The molecule has 0 radical (unpaired) electrons. The number of likely N-dealkylation sites (tertiary alicyclic amines) is 1. The number of rotatable bonds is 4. The summed E-state index contributed by atoms with van der Waals surface area (Å²) in [5, 5.41) is 4.55. The Hall–Kier alpha value is -2.08. The van der Waals surface area contributed by atoms with Crippen LogP contribution in [0.3, 0.4) is 0 Å². The Morgan fingerprint density at radius 3 is 2.76 bits per heavy atom. The highest BCUT2D eigenvalue weighted by Crippen LogP contribution is 2.32. The third kappa shape index (κ3) is 3.63. The molecule has 134 valence electrons. The third-order valence-corrected chi connectivity index (χ3v) is 5.09. The average Bonchev–Trinajstić information content (AvgIpc) is 2.94. The minimum atomic E-state index is 0.502. The fourth-order valence-corrected chi connectivity index (χ4v) is 3.83. The molecule has 0 spiro atoms. The predicted octanol–water partition coefficient (Wildman–Crippen LogP) is 2.72. The zero-order valence-electron chi connectivity index (χ0n) is 15.1. The second-order valence-electron chi connectivity index (χ2n) is 6.99. The summed E-state index contributed by atoms with van der Waals surface area (Å²) in [6, 6.07) is 6.82. The molecule has 0 saturated carbocycles. The molecule has 0 aliphatic carbocycles. The summed E-state index contributed by atoms with van der Waals surface area (Å²) in [7, 11) is 0. The van der Waals surface area contributed by atoms with E-state index in [-0.39, 0.29) is 0 Å². The van der Waals surface area contributed by atoms with Crippen LogP contribution in [0.4, 0.5) is 0 Å². The topological polar surface area (TPSA) is 52.4 Å². The molecule has 1 atom stereocenters. The molecule has 1 fully saturated rings. The number of ether oxygens (including phenoxy) is 2. The van der Waals surface area contributed by atoms with Crippen molar-refractivity contribution in [1.82, 2.24) is 19.7 Å². The van der Waals surface area contributed by atoms with Gasteiger partial charge >= 0.3 is 0 Å². The number of fused-ring (bicyclic) bond motifs is 1. The largest absolute Gasteiger partial charge is 0.486 e. The van der Waals surface area contributed by atoms with E-state index in [1.165, 1.54) is 24.8 Å². The molecule has 2 aliphatic heterocycles. The Morgan fingerprint density at radius 2 is 1.96 bits per heavy atom. The molecule has 2 aromatic rings. The summed E-state index contributed by atoms with van der Waals surface area (Å²) in [5.74, 6) is 3.59. The number of hydrogen-bond donors (Lipinski definition) is 0. The van der Waals surface area contributed by atoms with Crippen LogP contribution in [-0.4, -0.2) is 45.5 Å². The van der Waals surface area contributed by atoms with Crippen molar-refractivity contribution in [3.63, 3.8) is 0 Å². The second-order valence-corrected chi connectivity index (χ2v) is 6.99. The molecular formula is C19H26N4O2. The molecule has 0 unspecified atom stereocenters. The van der Waals surface area contributed by atoms with E-state index in [0.717, 1.165) is 42.8 Å². The van der Waals surface area contributed by atoms with Gasteiger partial charge in [0.15, 0.2) is 11.5 Å². The van der Waals surface area contributed by atoms with Crippen molar-refractivity contribution in [2.24, 2.45) is 0 Å². The van der Waals surface area contributed by atoms with Crippen molar-refractivity contribution in [1.29, 1.82) is 0 Å². The van der Waals surface area contributed by atoms with Crippen LogP contribution in [-0.2, 0) is 13.1 Å². The van der Waals surface area contributed by atoms with Gasteiger partial charge in [0.1, 0.15) is 24.9 Å². The quantitative estimate of drug-likeness (QED) is 0.855. The molecule has 2 aliphatic rings. The van der Waals surface area contributed by atoms with Crippen molar-refractivity contribution < 1.29 is 9.47 Å². The first kappa shape index (κ1) is 16.4. The van der Waals surface area contributed by atoms with Crippen LogP contribution in [0.15, 0.2) is 18.2 Å². The highest BCUT2D eigenvalue weighted by molar-refractivity contribution is 5.43. The van der Waals surface area contributed by atoms with Gasteiger partial charge in [-0.3, -0.25) is 4.90 Å². The number of piperidine rings is 1. The van der Waals surface area contributed by atoms with Gasteiger partial charge < -0.3 is 9.47 Å². The minimum absolute atomic E-state index is 0.502. The smallest absolute Gasteiger partial charge is 0.161 e. The predicted molar refractivity (Wildman–Crippen MR) is 95.0 cm³/mol. The number of aromatic nitrogens is 3. The lowest BCUT2D eigenvalue weighted by Gasteiger charge is -2.36. The summed E-state index contributed by atoms with van der Waals surface area (Å²) in [4.78, 5) is 7.01. The summed E-state index contributed by atoms with van der Waals surface area (Å²) in [5.41, 5.74) is 1.28. The van der Waals surface area contributed by atoms with Crippen LogP contribution < -0.4 is 9.47 Å². The van der Waals surface area contributed by atoms with Gasteiger partial charge in [-0.2, -0.15) is 5.10 Å². The SMILES string of the molecule is Cc1nc(C)n(C[C@H]2CCCCN2Cc2ccc3c(c2)OCCO3)n1. The Labute approximate surface area is 148 Å². The normalized spacial score (nSPS) is 20.6. The van der Waals surface area contributed by atoms with E-state index < -0.39 is 0 Å². The summed E-state index contributed by atoms with van der Waals surface area (Å²) < 4.78 is 13.4. The van der Waals surface area contributed by atoms with Gasteiger partial charge in [-0.15, -0.1) is 0 Å². The zero-order valence-corrected chi connectivity index (χ0v) is 15.1. The maximum atomic E-state index is 5.73. The lowest BCUT2D eigenvalue weighted by atomic mass is 10.0. The van der Waals surface area contributed by atoms with Crippen molar-refractivity contribution in [3.8, 4) is 11.5 Å². The molecule has 6 heteroatoms. The molecule has 1 aromatic heterocycles. The highest BCUT2D eigenvalue weighted by atomic mass is 16.6. The standard InChI is InChI=1S/C19H26N4O2/c1-14-20-15(2)23(21-14)13-17-5-3-4-8-22(17)12-16-6-7-18-19(11-16)25-10-9-24-18/h6-7,11,17H,3-5,8-10,12-13H2,1-2H3/t17-/m1/s1. The number of benzene rings is 1. The van der Waals surface area contributed by atoms with Crippen LogP contribution in [0.25, 0.3) is 0 Å². The first-order valence-electron chi connectivity index (χ1n) is 9.19. The lowest BCUT2D eigenvalue weighted by Crippen LogP contribution is -2.41. The van der Waals surface area contributed by atoms with E-state index in [0.29, 0.717) is 19.3 Å². The van der Waals surface area contributed by atoms with Gasteiger partial charge in [0, 0.05) is 12.6 Å². The molecular weight excluding hydrogens is 316 g/mol. The van der Waals surface area contributed by atoms with E-state index in [1.807, 2.05) is 19.9 Å². The fraction of sp³-hybridized carbons (Fsp3) is 0.579. The number of nitrogens with zero attached hydrogens (tertiary/aromatic N) is 4. The van der Waals surface area contributed by atoms with Crippen LogP contribution in [0.5, 0.6) is 11.5 Å². The second kappa shape index (κ2) is 7.04. The third-order valence-electron chi connectivity index (χ3n) is 5.09. The van der Waals surface area contributed by atoms with E-state index in [4.69, 9.17) is 9.47 Å². The van der Waals surface area contributed by atoms with Crippen molar-refractivity contribution >= 4 is 0 Å². The van der Waals surface area contributed by atoms with Gasteiger partial charge in [0.05, 0.1) is 6.54 Å². The molecule has 0 amide bonds. The molecule has 25 heavy (non-hydrogen) atoms. The first-order chi connectivity index (χ1) is 12.2. The molecule has 6 nitrogen and oxygen atoms in total. The Balaban J connectivity index is 1.48. The summed E-state index contributed by atoms with van der Waals surface area (Å²) in [6.07, 6.45) is 3.76. The monoisotopic (exact) mass is 342 g/mol. The minimum Gasteiger partial charge on any atom is -0.486 e. The molecule has 0 bridgehead atoms. The van der Waals surface area contributed by atoms with Gasteiger partial charge in [-0.25, -0.2) is 9.67 Å². The van der Waals surface area contributed by atoms with E-state index in [9.17, 15) is 0 Å². The maximum absolute atomic E-state index is 5.73. The van der Waals surface area contributed by atoms with Gasteiger partial charge in [-0.05, 0) is 50.9 Å². The Kier molecular flexibility index (Phi) is 4.61. The van der Waals surface area contributed by atoms with Crippen LogP contribution in [0, 0.1) is 13.8 Å². The number of hydrogen-bond acceptors (Lipinski definition) is 5. The average molecular weight is 342 g/mol. The summed E-state index contributed by atoms with van der Waals surface area (Å²) in [6.45, 7) is 8.24. The fourth-order valence-electron chi connectivity index (χ4n) is 3.83. The highest BCUT2D eigenvalue weighted by Gasteiger charge is 2.24. The lowest BCUT2D eigenvalue weighted by molar-refractivity contribution is 0.120. The van der Waals surface area contributed by atoms with E-state index in [2.05, 4.69) is 31.8 Å². The van der Waals surface area contributed by atoms with Gasteiger partial charge in [0.25, 0.3) is 0 Å². The molecule has 1 aromatic carbocycles. The van der Waals surface area contributed by atoms with Crippen LogP contribution in [0.2, 0.25) is 0 Å². The van der Waals surface area contributed by atoms with Crippen molar-refractivity contribution in [3.05, 3.63) is 35.4 Å². The molecule has 1 saturated heterocycles. The van der Waals surface area contributed by atoms with E-state index in [1.54, 1.807) is 0 Å². The Morgan fingerprint density at radius 1 is 1.12 bits per heavy atom. The Bertz CT molecular complexity index is 743. The first-order valence-corrected chi connectivity index (χ1v) is 9.19. The molecule has 4 rings (SSSR count). The van der Waals surface area contributed by atoms with Gasteiger partial charge in [0.2, 0.25) is 0 Å². The van der Waals surface area contributed by atoms with E-state index >= 15 is 0 Å². The molecule has 0 N–H and O–H groups in total. The van der Waals surface area contributed by atoms with Crippen LogP contribution in [0.1, 0.15) is 36.5 Å². The van der Waals surface area contributed by atoms with Crippen molar-refractivity contribution in [2.45, 2.75) is 52.2 Å².